The molecule has 2 aromatic rings. The highest BCUT2D eigenvalue weighted by Gasteiger charge is 2.18. The monoisotopic (exact) mass is 249 g/mol. The first-order chi connectivity index (χ1) is 8.74. The van der Waals surface area contributed by atoms with Gasteiger partial charge in [-0.3, -0.25) is 0 Å². The molecule has 0 radical (unpaired) electrons. The largest absolute Gasteiger partial charge is 0.382 e. The molecule has 1 atom stereocenters. The Bertz CT molecular complexity index is 561. The molecule has 1 fully saturated rings. The maximum absolute atomic E-state index is 5.79. The van der Waals surface area contributed by atoms with Gasteiger partial charge >= 0.3 is 0 Å². The fraction of sp³-hybridized carbons (Fsp3) is 0.600. The maximum Gasteiger partial charge on any atom is 0.184 e. The molecule has 0 saturated carbocycles. The first-order valence-electron chi connectivity index (χ1n) is 5.89. The molecule has 1 aliphatic rings. The Morgan fingerprint density at radius 1 is 1.50 bits per heavy atom. The molecular weight excluding hydrogens is 234 g/mol. The van der Waals surface area contributed by atoms with Crippen LogP contribution in [-0.2, 0) is 11.3 Å². The van der Waals surface area contributed by atoms with Crippen LogP contribution in [0.5, 0.6) is 0 Å². The molecule has 0 aliphatic carbocycles. The van der Waals surface area contributed by atoms with E-state index in [0.717, 1.165) is 13.1 Å². The van der Waals surface area contributed by atoms with E-state index in [-0.39, 0.29) is 6.10 Å². The van der Waals surface area contributed by atoms with Crippen molar-refractivity contribution in [2.24, 2.45) is 0 Å². The zero-order valence-corrected chi connectivity index (χ0v) is 10.1. The van der Waals surface area contributed by atoms with Gasteiger partial charge in [0.15, 0.2) is 17.0 Å². The number of nitrogen functional groups attached to an aromatic ring is 1. The summed E-state index contributed by atoms with van der Waals surface area (Å²) in [6, 6.07) is 0. The van der Waals surface area contributed by atoms with Crippen LogP contribution in [0.1, 0.15) is 5.82 Å². The second-order valence-corrected chi connectivity index (χ2v) is 4.30. The highest BCUT2D eigenvalue weighted by molar-refractivity contribution is 5.80. The first kappa shape index (κ1) is 11.3. The summed E-state index contributed by atoms with van der Waals surface area (Å²) in [4.78, 5) is 8.40. The number of nitrogens with one attached hydrogen (secondary N) is 1. The smallest absolute Gasteiger partial charge is 0.184 e. The van der Waals surface area contributed by atoms with Crippen molar-refractivity contribution in [1.82, 2.24) is 30.3 Å². The van der Waals surface area contributed by atoms with E-state index in [1.165, 1.54) is 0 Å². The van der Waals surface area contributed by atoms with Gasteiger partial charge in [0.05, 0.1) is 19.3 Å². The molecule has 2 aromatic heterocycles. The summed E-state index contributed by atoms with van der Waals surface area (Å²) in [5, 5.41) is 11.4. The van der Waals surface area contributed by atoms with Crippen molar-refractivity contribution in [3.05, 3.63) is 5.82 Å². The average Bonchev–Trinajstić information content (AvgIpc) is 2.74. The third-order valence-corrected chi connectivity index (χ3v) is 2.88. The van der Waals surface area contributed by atoms with Crippen molar-refractivity contribution in [1.29, 1.82) is 0 Å². The van der Waals surface area contributed by atoms with Crippen LogP contribution in [0.3, 0.4) is 0 Å². The minimum Gasteiger partial charge on any atom is -0.382 e. The molecule has 96 valence electrons. The van der Waals surface area contributed by atoms with Crippen LogP contribution < -0.4 is 11.1 Å². The van der Waals surface area contributed by atoms with Gasteiger partial charge in [-0.05, 0) is 6.92 Å². The normalized spacial score (nSPS) is 20.4. The predicted molar refractivity (Wildman–Crippen MR) is 64.9 cm³/mol. The zero-order chi connectivity index (χ0) is 12.5. The highest BCUT2D eigenvalue weighted by atomic mass is 16.5. The Morgan fingerprint density at radius 2 is 2.39 bits per heavy atom. The van der Waals surface area contributed by atoms with Crippen molar-refractivity contribution < 1.29 is 4.74 Å². The molecule has 1 aliphatic heterocycles. The summed E-state index contributed by atoms with van der Waals surface area (Å²) in [7, 11) is 0. The predicted octanol–water partition coefficient (Wildman–Crippen LogP) is -0.900. The molecule has 3 rings (SSSR count). The summed E-state index contributed by atoms with van der Waals surface area (Å²) in [6.45, 7) is 4.82. The van der Waals surface area contributed by atoms with E-state index in [9.17, 15) is 0 Å². The van der Waals surface area contributed by atoms with E-state index in [2.05, 4.69) is 25.6 Å². The molecule has 8 nitrogen and oxygen atoms in total. The lowest BCUT2D eigenvalue weighted by molar-refractivity contribution is 0.0165. The molecule has 3 N–H and O–H groups in total. The summed E-state index contributed by atoms with van der Waals surface area (Å²) >= 11 is 0. The van der Waals surface area contributed by atoms with Gasteiger partial charge in [-0.25, -0.2) is 14.6 Å². The van der Waals surface area contributed by atoms with Crippen LogP contribution in [0, 0.1) is 6.92 Å². The molecule has 18 heavy (non-hydrogen) atoms. The van der Waals surface area contributed by atoms with Crippen LogP contribution in [-0.4, -0.2) is 50.8 Å². The number of morpholine rings is 1. The lowest BCUT2D eigenvalue weighted by Gasteiger charge is -2.23. The topological polar surface area (TPSA) is 104 Å². The zero-order valence-electron chi connectivity index (χ0n) is 10.1. The van der Waals surface area contributed by atoms with Gasteiger partial charge in [-0.2, -0.15) is 0 Å². The van der Waals surface area contributed by atoms with Gasteiger partial charge in [-0.15, -0.1) is 5.10 Å². The number of rotatable bonds is 2. The molecule has 0 spiro atoms. The van der Waals surface area contributed by atoms with Gasteiger partial charge in [0.25, 0.3) is 0 Å². The number of hydrogen-bond acceptors (Lipinski definition) is 7. The van der Waals surface area contributed by atoms with E-state index in [1.54, 1.807) is 11.6 Å². The lowest BCUT2D eigenvalue weighted by Crippen LogP contribution is -2.40. The van der Waals surface area contributed by atoms with Crippen molar-refractivity contribution in [2.45, 2.75) is 19.6 Å². The van der Waals surface area contributed by atoms with E-state index < -0.39 is 0 Å². The van der Waals surface area contributed by atoms with Crippen LogP contribution in [0.15, 0.2) is 0 Å². The van der Waals surface area contributed by atoms with Gasteiger partial charge < -0.3 is 15.8 Å². The van der Waals surface area contributed by atoms with Gasteiger partial charge in [0.1, 0.15) is 5.82 Å². The molecule has 1 saturated heterocycles. The number of nitrogens with two attached hydrogens (primary N) is 1. The second kappa shape index (κ2) is 4.46. The number of aromatic nitrogens is 5. The van der Waals surface area contributed by atoms with E-state index >= 15 is 0 Å². The fourth-order valence-electron chi connectivity index (χ4n) is 2.04. The highest BCUT2D eigenvalue weighted by Crippen LogP contribution is 2.15. The first-order valence-corrected chi connectivity index (χ1v) is 5.89. The number of hydrogen-bond donors (Lipinski definition) is 2. The van der Waals surface area contributed by atoms with Crippen molar-refractivity contribution in [3.63, 3.8) is 0 Å². The minimum atomic E-state index is 0.0835. The minimum absolute atomic E-state index is 0.0835. The molecule has 3 heterocycles. The Morgan fingerprint density at radius 3 is 3.17 bits per heavy atom. The van der Waals surface area contributed by atoms with Crippen molar-refractivity contribution >= 4 is 17.0 Å². The second-order valence-electron chi connectivity index (χ2n) is 4.30. The fourth-order valence-corrected chi connectivity index (χ4v) is 2.04. The summed E-state index contributed by atoms with van der Waals surface area (Å²) in [6.07, 6.45) is 0.0835. The SMILES string of the molecule is Cc1nc(N)c2nnn(C[C@H]3CNCCO3)c2n1. The Balaban J connectivity index is 1.92. The quantitative estimate of drug-likeness (QED) is 0.710. The molecule has 8 heteroatoms. The van der Waals surface area contributed by atoms with E-state index in [0.29, 0.717) is 36.0 Å². The number of ether oxygens (including phenoxy) is 1. The molecule has 0 bridgehead atoms. The van der Waals surface area contributed by atoms with Crippen LogP contribution >= 0.6 is 0 Å². The molecule has 0 amide bonds. The average molecular weight is 249 g/mol. The van der Waals surface area contributed by atoms with Crippen LogP contribution in [0.25, 0.3) is 11.2 Å². The molecule has 0 unspecified atom stereocenters. The third kappa shape index (κ3) is 2.00. The maximum atomic E-state index is 5.79. The van der Waals surface area contributed by atoms with Crippen molar-refractivity contribution in [3.8, 4) is 0 Å². The van der Waals surface area contributed by atoms with Gasteiger partial charge in [-0.1, -0.05) is 5.21 Å². The lowest BCUT2D eigenvalue weighted by atomic mass is 10.3. The Hall–Kier alpha value is -1.80. The summed E-state index contributed by atoms with van der Waals surface area (Å²) in [5.41, 5.74) is 7.00. The molecular formula is C10H15N7O. The summed E-state index contributed by atoms with van der Waals surface area (Å²) < 4.78 is 7.36. The number of aryl methyl sites for hydroxylation is 1. The Kier molecular flexibility index (Phi) is 2.80. The third-order valence-electron chi connectivity index (χ3n) is 2.88. The molecule has 0 aromatic carbocycles. The van der Waals surface area contributed by atoms with Crippen LogP contribution in [0.4, 0.5) is 5.82 Å². The Labute approximate surface area is 104 Å². The van der Waals surface area contributed by atoms with Crippen LogP contribution in [0.2, 0.25) is 0 Å². The van der Waals surface area contributed by atoms with Gasteiger partial charge in [0.2, 0.25) is 0 Å². The van der Waals surface area contributed by atoms with E-state index in [4.69, 9.17) is 10.5 Å². The number of fused-ring (bicyclic) bond motifs is 1. The number of anilines is 1. The summed E-state index contributed by atoms with van der Waals surface area (Å²) in [5.74, 6) is 0.984. The van der Waals surface area contributed by atoms with Crippen molar-refractivity contribution in [2.75, 3.05) is 25.4 Å². The van der Waals surface area contributed by atoms with Gasteiger partial charge in [0, 0.05) is 13.1 Å². The van der Waals surface area contributed by atoms with E-state index in [1.807, 2.05) is 0 Å². The number of nitrogens with zero attached hydrogens (tertiary/aromatic N) is 5. The standard InChI is InChI=1S/C10H15N7O/c1-6-13-9(11)8-10(14-6)17(16-15-8)5-7-4-12-2-3-18-7/h7,12H,2-5H2,1H3,(H2,11,13,14)/t7-/m1/s1.